The maximum atomic E-state index is 11.0. The Kier molecular flexibility index (Phi) is 6.60. The molecule has 0 aliphatic heterocycles. The van der Waals surface area contributed by atoms with Gasteiger partial charge in [-0.15, -0.1) is 6.58 Å². The summed E-state index contributed by atoms with van der Waals surface area (Å²) in [6.45, 7) is 6.15. The lowest BCUT2D eigenvalue weighted by molar-refractivity contribution is 0.303. The third-order valence-electron chi connectivity index (χ3n) is 4.85. The highest BCUT2D eigenvalue weighted by Gasteiger charge is 2.22. The molecule has 0 spiro atoms. The second-order valence-electron chi connectivity index (χ2n) is 7.17. The molecule has 31 heavy (non-hydrogen) atoms. The van der Waals surface area contributed by atoms with E-state index in [1.807, 2.05) is 6.92 Å². The number of phenolic OH excluding ortho intramolecular Hbond substituents is 3. The van der Waals surface area contributed by atoms with Crippen molar-refractivity contribution >= 4 is 0 Å². The zero-order valence-electron chi connectivity index (χ0n) is 17.8. The van der Waals surface area contributed by atoms with Crippen LogP contribution in [0.25, 0.3) is 22.3 Å². The number of methoxy groups -OCH3 is 2. The third-order valence-corrected chi connectivity index (χ3v) is 4.85. The molecule has 0 unspecified atom stereocenters. The number of rotatable bonds is 8. The molecule has 0 bridgehead atoms. The zero-order chi connectivity index (χ0) is 22.5. The Morgan fingerprint density at radius 2 is 1.55 bits per heavy atom. The number of ether oxygens (including phenoxy) is 3. The number of hydrogen-bond acceptors (Lipinski definition) is 6. The fourth-order valence-corrected chi connectivity index (χ4v) is 3.26. The fourth-order valence-electron chi connectivity index (χ4n) is 3.26. The van der Waals surface area contributed by atoms with Crippen molar-refractivity contribution in [1.82, 2.24) is 0 Å². The van der Waals surface area contributed by atoms with Gasteiger partial charge in [0.05, 0.1) is 26.4 Å². The third kappa shape index (κ3) is 4.69. The molecule has 0 fully saturated rings. The molecule has 0 aliphatic rings. The van der Waals surface area contributed by atoms with Crippen molar-refractivity contribution in [2.45, 2.75) is 13.3 Å². The second-order valence-corrected chi connectivity index (χ2v) is 7.17. The lowest BCUT2D eigenvalue weighted by Gasteiger charge is -2.18. The highest BCUT2D eigenvalue weighted by molar-refractivity contribution is 5.88. The smallest absolute Gasteiger partial charge is 0.170 e. The van der Waals surface area contributed by atoms with Crippen LogP contribution in [0, 0.1) is 0 Å². The topological polar surface area (TPSA) is 88.4 Å². The SMILES string of the molecule is C=C(C)CCOc1ccc(-c2c(OC)cc(-c3ccc(O)cc3)c(OC)c2O)cc1O. The van der Waals surface area contributed by atoms with Crippen molar-refractivity contribution in [2.75, 3.05) is 20.8 Å². The molecule has 3 aromatic rings. The maximum absolute atomic E-state index is 11.0. The highest BCUT2D eigenvalue weighted by Crippen LogP contribution is 2.50. The summed E-state index contributed by atoms with van der Waals surface area (Å²) in [5.74, 6) is 0.953. The maximum Gasteiger partial charge on any atom is 0.170 e. The molecule has 0 saturated carbocycles. The van der Waals surface area contributed by atoms with Crippen molar-refractivity contribution < 1.29 is 29.5 Å². The van der Waals surface area contributed by atoms with E-state index in [4.69, 9.17) is 14.2 Å². The molecular formula is C25H26O6. The minimum Gasteiger partial charge on any atom is -0.508 e. The van der Waals surface area contributed by atoms with E-state index in [0.717, 1.165) is 11.1 Å². The van der Waals surface area contributed by atoms with Crippen LogP contribution in [0.2, 0.25) is 0 Å². The number of benzene rings is 3. The molecule has 0 aliphatic carbocycles. The monoisotopic (exact) mass is 422 g/mol. The van der Waals surface area contributed by atoms with Crippen LogP contribution in [0.15, 0.2) is 60.7 Å². The summed E-state index contributed by atoms with van der Waals surface area (Å²) in [6, 6.07) is 13.2. The lowest BCUT2D eigenvalue weighted by atomic mass is 9.96. The van der Waals surface area contributed by atoms with Crippen molar-refractivity contribution in [2.24, 2.45) is 0 Å². The second kappa shape index (κ2) is 9.34. The van der Waals surface area contributed by atoms with E-state index in [-0.39, 0.29) is 23.0 Å². The Morgan fingerprint density at radius 3 is 2.13 bits per heavy atom. The van der Waals surface area contributed by atoms with Gasteiger partial charge in [-0.2, -0.15) is 0 Å². The largest absolute Gasteiger partial charge is 0.508 e. The van der Waals surface area contributed by atoms with Crippen molar-refractivity contribution in [3.8, 4) is 56.8 Å². The Balaban J connectivity index is 2.06. The predicted octanol–water partition coefficient (Wildman–Crippen LogP) is 5.50. The first kappa shape index (κ1) is 21.9. The fraction of sp³-hybridized carbons (Fsp3) is 0.200. The van der Waals surface area contributed by atoms with Gasteiger partial charge in [0.25, 0.3) is 0 Å². The standard InChI is InChI=1S/C25H26O6/c1-15(2)11-12-31-21-10-7-17(13-20(21)27)23-22(29-3)14-19(25(30-4)24(23)28)16-5-8-18(26)9-6-16/h5-10,13-14,26-28H,1,11-12H2,2-4H3. The van der Waals surface area contributed by atoms with Crippen molar-refractivity contribution in [3.63, 3.8) is 0 Å². The summed E-state index contributed by atoms with van der Waals surface area (Å²) in [5, 5.41) is 31.0. The van der Waals surface area contributed by atoms with Gasteiger partial charge in [-0.25, -0.2) is 0 Å². The summed E-state index contributed by atoms with van der Waals surface area (Å²) in [4.78, 5) is 0. The molecule has 6 heteroatoms. The average molecular weight is 422 g/mol. The van der Waals surface area contributed by atoms with Gasteiger partial charge < -0.3 is 29.5 Å². The van der Waals surface area contributed by atoms with Crippen molar-refractivity contribution in [1.29, 1.82) is 0 Å². The van der Waals surface area contributed by atoms with Crippen LogP contribution in [0.3, 0.4) is 0 Å². The van der Waals surface area contributed by atoms with Gasteiger partial charge in [0.1, 0.15) is 11.5 Å². The molecule has 3 N–H and O–H groups in total. The van der Waals surface area contributed by atoms with Crippen LogP contribution in [0.5, 0.6) is 34.5 Å². The van der Waals surface area contributed by atoms with E-state index in [1.54, 1.807) is 42.5 Å². The van der Waals surface area contributed by atoms with Gasteiger partial charge in [-0.1, -0.05) is 23.8 Å². The molecule has 0 heterocycles. The molecular weight excluding hydrogens is 396 g/mol. The first-order valence-corrected chi connectivity index (χ1v) is 9.73. The van der Waals surface area contributed by atoms with E-state index in [9.17, 15) is 15.3 Å². The molecule has 0 aromatic heterocycles. The Bertz CT molecular complexity index is 1090. The summed E-state index contributed by atoms with van der Waals surface area (Å²) >= 11 is 0. The first-order valence-electron chi connectivity index (χ1n) is 9.73. The molecule has 0 radical (unpaired) electrons. The van der Waals surface area contributed by atoms with Crippen LogP contribution >= 0.6 is 0 Å². The van der Waals surface area contributed by atoms with Crippen molar-refractivity contribution in [3.05, 3.63) is 60.7 Å². The minimum atomic E-state index is -0.125. The quantitative estimate of drug-likeness (QED) is 0.416. The zero-order valence-corrected chi connectivity index (χ0v) is 17.8. The summed E-state index contributed by atoms with van der Waals surface area (Å²) < 4.78 is 16.6. The number of phenols is 3. The van der Waals surface area contributed by atoms with Gasteiger partial charge in [-0.05, 0) is 48.4 Å². The van der Waals surface area contributed by atoms with Crippen LogP contribution in [0.1, 0.15) is 13.3 Å². The van der Waals surface area contributed by atoms with Crippen LogP contribution in [0.4, 0.5) is 0 Å². The van der Waals surface area contributed by atoms with E-state index >= 15 is 0 Å². The minimum absolute atomic E-state index is 0.0535. The number of hydrogen-bond donors (Lipinski definition) is 3. The van der Waals surface area contributed by atoms with E-state index in [2.05, 4.69) is 6.58 Å². The first-order chi connectivity index (χ1) is 14.8. The molecule has 0 amide bonds. The summed E-state index contributed by atoms with van der Waals surface area (Å²) in [7, 11) is 2.96. The normalized spacial score (nSPS) is 10.5. The highest BCUT2D eigenvalue weighted by atomic mass is 16.5. The van der Waals surface area contributed by atoms with Gasteiger partial charge in [0.15, 0.2) is 23.0 Å². The van der Waals surface area contributed by atoms with Crippen LogP contribution in [-0.2, 0) is 0 Å². The van der Waals surface area contributed by atoms with Gasteiger partial charge in [0, 0.05) is 12.0 Å². The Hall–Kier alpha value is -3.80. The summed E-state index contributed by atoms with van der Waals surface area (Å²) in [6.07, 6.45) is 0.686. The molecule has 6 nitrogen and oxygen atoms in total. The average Bonchev–Trinajstić information content (AvgIpc) is 2.74. The molecule has 3 rings (SSSR count). The van der Waals surface area contributed by atoms with Crippen LogP contribution in [-0.4, -0.2) is 36.1 Å². The predicted molar refractivity (Wildman–Crippen MR) is 120 cm³/mol. The van der Waals surface area contributed by atoms with Gasteiger partial charge >= 0.3 is 0 Å². The lowest BCUT2D eigenvalue weighted by Crippen LogP contribution is -1.98. The van der Waals surface area contributed by atoms with E-state index < -0.39 is 0 Å². The van der Waals surface area contributed by atoms with Crippen LogP contribution < -0.4 is 14.2 Å². The molecule has 0 atom stereocenters. The number of aromatic hydroxyl groups is 3. The molecule has 162 valence electrons. The van der Waals surface area contributed by atoms with Gasteiger partial charge in [0.2, 0.25) is 0 Å². The van der Waals surface area contributed by atoms with E-state index in [1.165, 1.54) is 20.3 Å². The molecule has 3 aromatic carbocycles. The Labute approximate surface area is 181 Å². The summed E-state index contributed by atoms with van der Waals surface area (Å²) in [5.41, 5.74) is 3.25. The Morgan fingerprint density at radius 1 is 0.871 bits per heavy atom. The molecule has 0 saturated heterocycles. The van der Waals surface area contributed by atoms with E-state index in [0.29, 0.717) is 41.2 Å². The van der Waals surface area contributed by atoms with Gasteiger partial charge in [-0.3, -0.25) is 0 Å².